The van der Waals surface area contributed by atoms with Crippen molar-refractivity contribution in [2.75, 3.05) is 72.1 Å². The van der Waals surface area contributed by atoms with E-state index < -0.39 is 10.0 Å². The maximum atomic E-state index is 13.1. The number of hydrogen-bond donors (Lipinski definition) is 0. The highest BCUT2D eigenvalue weighted by Crippen LogP contribution is 2.27. The fourth-order valence-electron chi connectivity index (χ4n) is 4.09. The number of sulfonamides is 1. The molecule has 0 N–H and O–H groups in total. The van der Waals surface area contributed by atoms with Crippen LogP contribution in [0.25, 0.3) is 0 Å². The van der Waals surface area contributed by atoms with Crippen LogP contribution in [0.1, 0.15) is 22.5 Å². The van der Waals surface area contributed by atoms with E-state index in [-0.39, 0.29) is 21.6 Å². The van der Waals surface area contributed by atoms with Crippen molar-refractivity contribution in [3.8, 4) is 0 Å². The van der Waals surface area contributed by atoms with Crippen LogP contribution < -0.4 is 0 Å². The lowest BCUT2D eigenvalue weighted by molar-refractivity contribution is -0.131. The number of ether oxygens (including phenoxy) is 1. The van der Waals surface area contributed by atoms with Crippen molar-refractivity contribution in [3.63, 3.8) is 0 Å². The third-order valence-electron chi connectivity index (χ3n) is 5.89. The molecule has 3 aliphatic rings. The minimum atomic E-state index is -3.71. The summed E-state index contributed by atoms with van der Waals surface area (Å²) < 4.78 is 32.7. The van der Waals surface area contributed by atoms with E-state index in [1.807, 2.05) is 4.90 Å². The average molecular weight is 457 g/mol. The summed E-state index contributed by atoms with van der Waals surface area (Å²) >= 11 is 1.17. The van der Waals surface area contributed by atoms with Gasteiger partial charge in [0, 0.05) is 52.4 Å². The molecule has 4 rings (SSSR count). The Balaban J connectivity index is 1.37. The first-order valence-electron chi connectivity index (χ1n) is 10.4. The number of hydrogen-bond acceptors (Lipinski definition) is 7. The smallest absolute Gasteiger partial charge is 0.265 e. The first-order chi connectivity index (χ1) is 14.5. The first kappa shape index (κ1) is 21.7. The highest BCUT2D eigenvalue weighted by atomic mass is 32.2. The molecule has 2 amide bonds. The largest absolute Gasteiger partial charge is 0.379 e. The molecule has 3 aliphatic heterocycles. The van der Waals surface area contributed by atoms with Gasteiger partial charge in [0.15, 0.2) is 0 Å². The van der Waals surface area contributed by atoms with Crippen molar-refractivity contribution in [1.82, 2.24) is 19.0 Å². The first-order valence-corrected chi connectivity index (χ1v) is 12.7. The number of rotatable bonds is 5. The molecular formula is C19H28N4O5S2. The van der Waals surface area contributed by atoms with Crippen molar-refractivity contribution < 1.29 is 22.7 Å². The Morgan fingerprint density at radius 2 is 1.60 bits per heavy atom. The lowest BCUT2D eigenvalue weighted by Gasteiger charge is -2.35. The summed E-state index contributed by atoms with van der Waals surface area (Å²) in [5, 5.41) is 1.66. The highest BCUT2D eigenvalue weighted by Gasteiger charge is 2.34. The molecule has 0 spiro atoms. The minimum Gasteiger partial charge on any atom is -0.379 e. The van der Waals surface area contributed by atoms with Crippen molar-refractivity contribution >= 4 is 33.2 Å². The minimum absolute atomic E-state index is 0.0889. The number of nitrogens with zero attached hydrogens (tertiary/aromatic N) is 4. The second kappa shape index (κ2) is 9.31. The van der Waals surface area contributed by atoms with E-state index in [1.54, 1.807) is 10.3 Å². The Labute approximate surface area is 181 Å². The average Bonchev–Trinajstić information content (AvgIpc) is 3.47. The van der Waals surface area contributed by atoms with Crippen LogP contribution in [0.4, 0.5) is 0 Å². The molecule has 11 heteroatoms. The molecule has 0 radical (unpaired) electrons. The molecule has 1 aromatic heterocycles. The van der Waals surface area contributed by atoms with E-state index >= 15 is 0 Å². The van der Waals surface area contributed by atoms with Crippen LogP contribution in [0.5, 0.6) is 0 Å². The molecule has 3 fully saturated rings. The van der Waals surface area contributed by atoms with Gasteiger partial charge in [0.1, 0.15) is 9.77 Å². The van der Waals surface area contributed by atoms with Gasteiger partial charge in [-0.1, -0.05) is 0 Å². The second-order valence-corrected chi connectivity index (χ2v) is 10.6. The van der Waals surface area contributed by atoms with Crippen LogP contribution in [0, 0.1) is 0 Å². The van der Waals surface area contributed by atoms with Crippen LogP contribution in [0.15, 0.2) is 16.3 Å². The normalized spacial score (nSPS) is 21.9. The molecule has 0 aromatic carbocycles. The summed E-state index contributed by atoms with van der Waals surface area (Å²) in [5.74, 6) is -0.0909. The van der Waals surface area contributed by atoms with Gasteiger partial charge in [0.25, 0.3) is 5.91 Å². The quantitative estimate of drug-likeness (QED) is 0.627. The van der Waals surface area contributed by atoms with Gasteiger partial charge in [-0.15, -0.1) is 11.3 Å². The molecule has 4 heterocycles. The summed E-state index contributed by atoms with van der Waals surface area (Å²) in [4.78, 5) is 31.5. The molecule has 9 nitrogen and oxygen atoms in total. The molecule has 0 atom stereocenters. The maximum absolute atomic E-state index is 13.1. The number of likely N-dealkylation sites (tertiary alicyclic amines) is 1. The molecular weight excluding hydrogens is 428 g/mol. The Morgan fingerprint density at radius 1 is 0.933 bits per heavy atom. The standard InChI is InChI=1S/C19H28N4O5S2/c24-17(21-4-1-2-5-21)15-20-6-8-22(9-7-20)19(25)18-16(3-14-29-18)30(26,27)23-10-12-28-13-11-23/h3,14H,1-2,4-13,15H2. The third kappa shape index (κ3) is 4.54. The lowest BCUT2D eigenvalue weighted by Crippen LogP contribution is -2.51. The Bertz CT molecular complexity index is 867. The number of piperazine rings is 1. The number of carbonyl (C=O) groups is 2. The summed E-state index contributed by atoms with van der Waals surface area (Å²) in [6.07, 6.45) is 2.15. The molecule has 30 heavy (non-hydrogen) atoms. The SMILES string of the molecule is O=C(CN1CCN(C(=O)c2sccc2S(=O)(=O)N2CCOCC2)CC1)N1CCCC1. The number of thiophene rings is 1. The van der Waals surface area contributed by atoms with Crippen LogP contribution >= 0.6 is 11.3 Å². The Kier molecular flexibility index (Phi) is 6.73. The van der Waals surface area contributed by atoms with Gasteiger partial charge in [-0.3, -0.25) is 14.5 Å². The van der Waals surface area contributed by atoms with Crippen LogP contribution in [0.3, 0.4) is 0 Å². The highest BCUT2D eigenvalue weighted by molar-refractivity contribution is 7.89. The zero-order valence-electron chi connectivity index (χ0n) is 17.0. The van der Waals surface area contributed by atoms with E-state index in [9.17, 15) is 18.0 Å². The van der Waals surface area contributed by atoms with Crippen molar-refractivity contribution in [1.29, 1.82) is 0 Å². The van der Waals surface area contributed by atoms with Gasteiger partial charge in [0.05, 0.1) is 19.8 Å². The van der Waals surface area contributed by atoms with Crippen LogP contribution in [-0.2, 0) is 19.6 Å². The van der Waals surface area contributed by atoms with E-state index in [2.05, 4.69) is 4.90 Å². The summed E-state index contributed by atoms with van der Waals surface area (Å²) in [5.41, 5.74) is 0. The molecule has 0 saturated carbocycles. The number of carbonyl (C=O) groups excluding carboxylic acids is 2. The fraction of sp³-hybridized carbons (Fsp3) is 0.684. The summed E-state index contributed by atoms with van der Waals surface area (Å²) in [6, 6.07) is 1.52. The fourth-order valence-corrected chi connectivity index (χ4v) is 6.86. The van der Waals surface area contributed by atoms with E-state index in [0.29, 0.717) is 59.0 Å². The Morgan fingerprint density at radius 3 is 2.27 bits per heavy atom. The second-order valence-electron chi connectivity index (χ2n) is 7.79. The third-order valence-corrected chi connectivity index (χ3v) is 8.86. The molecule has 0 unspecified atom stereocenters. The number of amides is 2. The topological polar surface area (TPSA) is 90.5 Å². The monoisotopic (exact) mass is 456 g/mol. The molecule has 166 valence electrons. The van der Waals surface area contributed by atoms with Gasteiger partial charge in [0.2, 0.25) is 15.9 Å². The van der Waals surface area contributed by atoms with Crippen LogP contribution in [0.2, 0.25) is 0 Å². The molecule has 3 saturated heterocycles. The maximum Gasteiger partial charge on any atom is 0.265 e. The zero-order valence-corrected chi connectivity index (χ0v) is 18.6. The van der Waals surface area contributed by atoms with Crippen LogP contribution in [-0.4, -0.2) is 111 Å². The summed E-state index contributed by atoms with van der Waals surface area (Å²) in [6.45, 7) is 5.61. The Hall–Kier alpha value is -1.53. The zero-order chi connectivity index (χ0) is 21.1. The van der Waals surface area contributed by atoms with Crippen molar-refractivity contribution in [3.05, 3.63) is 16.3 Å². The van der Waals surface area contributed by atoms with E-state index in [4.69, 9.17) is 4.74 Å². The van der Waals surface area contributed by atoms with Gasteiger partial charge >= 0.3 is 0 Å². The molecule has 0 bridgehead atoms. The van der Waals surface area contributed by atoms with E-state index in [1.165, 1.54) is 21.7 Å². The van der Waals surface area contributed by atoms with Gasteiger partial charge in [-0.05, 0) is 24.3 Å². The van der Waals surface area contributed by atoms with Crippen molar-refractivity contribution in [2.24, 2.45) is 0 Å². The van der Waals surface area contributed by atoms with E-state index in [0.717, 1.165) is 25.9 Å². The predicted octanol–water partition coefficient (Wildman–Crippen LogP) is 0.149. The van der Waals surface area contributed by atoms with Gasteiger partial charge < -0.3 is 14.5 Å². The molecule has 0 aliphatic carbocycles. The van der Waals surface area contributed by atoms with Crippen molar-refractivity contribution in [2.45, 2.75) is 17.7 Å². The summed E-state index contributed by atoms with van der Waals surface area (Å²) in [7, 11) is -3.71. The molecule has 1 aromatic rings. The van der Waals surface area contributed by atoms with Gasteiger partial charge in [-0.2, -0.15) is 4.31 Å². The predicted molar refractivity (Wildman–Crippen MR) is 112 cm³/mol. The number of morpholine rings is 1. The lowest BCUT2D eigenvalue weighted by atomic mass is 10.3. The van der Waals surface area contributed by atoms with Gasteiger partial charge in [-0.25, -0.2) is 8.42 Å².